The number of ether oxygens (including phenoxy) is 1. The molecule has 1 rings (SSSR count). The van der Waals surface area contributed by atoms with Crippen molar-refractivity contribution in [1.82, 2.24) is 10.0 Å². The van der Waals surface area contributed by atoms with E-state index in [9.17, 15) is 24.6 Å². The average Bonchev–Trinajstić information content (AvgIpc) is 2.76. The zero-order valence-corrected chi connectivity index (χ0v) is 13.4. The molecular weight excluding hydrogens is 320 g/mol. The fourth-order valence-corrected chi connectivity index (χ4v) is 1.54. The van der Waals surface area contributed by atoms with E-state index in [1.54, 1.807) is 20.8 Å². The number of nitrogens with one attached hydrogen (secondary N) is 1. The standard InChI is InChI=1S/C15H18N2O7/c1-5-9(18)8-10(16-14(22)23-15(2,3)4)13(21)24-17-11(19)6-7-12(17)20/h1,6-7,10,19-20H,8H2,2-4H3,(H,16,22). The molecule has 0 bridgehead atoms. The number of ketones is 1. The number of nitrogens with zero attached hydrogens (tertiary/aromatic N) is 1. The van der Waals surface area contributed by atoms with E-state index in [4.69, 9.17) is 16.0 Å². The molecule has 24 heavy (non-hydrogen) atoms. The number of carbonyl (C=O) groups is 3. The molecule has 0 saturated carbocycles. The van der Waals surface area contributed by atoms with Crippen LogP contribution in [0.1, 0.15) is 27.2 Å². The van der Waals surface area contributed by atoms with Gasteiger partial charge in [-0.25, -0.2) is 9.59 Å². The molecule has 1 aromatic heterocycles. The van der Waals surface area contributed by atoms with Gasteiger partial charge >= 0.3 is 12.1 Å². The molecule has 1 heterocycles. The predicted octanol–water partition coefficient (Wildman–Crippen LogP) is 0.340. The third kappa shape index (κ3) is 5.57. The second kappa shape index (κ2) is 7.41. The van der Waals surface area contributed by atoms with Crippen molar-refractivity contribution in [3.05, 3.63) is 12.1 Å². The molecule has 0 aromatic carbocycles. The number of Topliss-reactive ketones (excluding diaryl/α,β-unsaturated/α-hetero) is 1. The van der Waals surface area contributed by atoms with Gasteiger partial charge < -0.3 is 25.1 Å². The summed E-state index contributed by atoms with van der Waals surface area (Å²) >= 11 is 0. The summed E-state index contributed by atoms with van der Waals surface area (Å²) in [7, 11) is 0. The topological polar surface area (TPSA) is 127 Å². The molecule has 0 fully saturated rings. The second-order valence-electron chi connectivity index (χ2n) is 5.72. The fourth-order valence-electron chi connectivity index (χ4n) is 1.54. The smallest absolute Gasteiger partial charge is 0.408 e. The van der Waals surface area contributed by atoms with Crippen molar-refractivity contribution < 1.29 is 34.2 Å². The van der Waals surface area contributed by atoms with Crippen molar-refractivity contribution >= 4 is 17.8 Å². The van der Waals surface area contributed by atoms with E-state index in [-0.39, 0.29) is 0 Å². The summed E-state index contributed by atoms with van der Waals surface area (Å²) in [5, 5.41) is 21.0. The second-order valence-corrected chi connectivity index (χ2v) is 5.72. The number of hydrogen-bond donors (Lipinski definition) is 3. The van der Waals surface area contributed by atoms with Crippen molar-refractivity contribution in [1.29, 1.82) is 0 Å². The number of carbonyl (C=O) groups excluding carboxylic acids is 3. The van der Waals surface area contributed by atoms with Gasteiger partial charge in [-0.2, -0.15) is 0 Å². The summed E-state index contributed by atoms with van der Waals surface area (Å²) < 4.78 is 5.41. The highest BCUT2D eigenvalue weighted by Crippen LogP contribution is 2.19. The third-order valence-corrected chi connectivity index (χ3v) is 2.50. The Balaban J connectivity index is 2.88. The molecule has 9 nitrogen and oxygen atoms in total. The Labute approximate surface area is 138 Å². The Hall–Kier alpha value is -3.15. The van der Waals surface area contributed by atoms with Crippen LogP contribution in [0.25, 0.3) is 0 Å². The SMILES string of the molecule is C#CC(=O)CC(NC(=O)OC(C)(C)C)C(=O)On1c(O)ccc1O. The Kier molecular flexibility index (Phi) is 5.84. The number of hydrogen-bond acceptors (Lipinski definition) is 7. The molecule has 9 heteroatoms. The molecular formula is C15H18N2O7. The molecule has 0 spiro atoms. The highest BCUT2D eigenvalue weighted by Gasteiger charge is 2.29. The highest BCUT2D eigenvalue weighted by atomic mass is 16.7. The Bertz CT molecular complexity index is 659. The zero-order valence-electron chi connectivity index (χ0n) is 13.4. The quantitative estimate of drug-likeness (QED) is 0.522. The minimum absolute atomic E-state index is 0.423. The first-order valence-corrected chi connectivity index (χ1v) is 6.84. The molecule has 1 atom stereocenters. The van der Waals surface area contributed by atoms with E-state index < -0.39 is 47.7 Å². The van der Waals surface area contributed by atoms with Crippen LogP contribution in [0.4, 0.5) is 4.79 Å². The molecule has 1 amide bonds. The summed E-state index contributed by atoms with van der Waals surface area (Å²) in [6.07, 6.45) is 3.45. The minimum atomic E-state index is -1.47. The molecule has 130 valence electrons. The van der Waals surface area contributed by atoms with Crippen LogP contribution in [0.3, 0.4) is 0 Å². The lowest BCUT2D eigenvalue weighted by Crippen LogP contribution is -2.47. The van der Waals surface area contributed by atoms with Crippen molar-refractivity contribution in [2.75, 3.05) is 0 Å². The molecule has 1 unspecified atom stereocenters. The van der Waals surface area contributed by atoms with Gasteiger partial charge in [-0.05, 0) is 26.7 Å². The van der Waals surface area contributed by atoms with E-state index in [0.29, 0.717) is 4.73 Å². The minimum Gasteiger partial charge on any atom is -0.492 e. The maximum absolute atomic E-state index is 12.1. The zero-order chi connectivity index (χ0) is 18.5. The predicted molar refractivity (Wildman–Crippen MR) is 81.0 cm³/mol. The van der Waals surface area contributed by atoms with Gasteiger partial charge in [-0.15, -0.1) is 11.2 Å². The number of aromatic nitrogens is 1. The molecule has 0 saturated heterocycles. The van der Waals surface area contributed by atoms with Gasteiger partial charge in [-0.1, -0.05) is 0 Å². The summed E-state index contributed by atoms with van der Waals surface area (Å²) in [5.74, 6) is -1.19. The molecule has 0 radical (unpaired) electrons. The Morgan fingerprint density at radius 2 is 1.83 bits per heavy atom. The molecule has 1 aromatic rings. The van der Waals surface area contributed by atoms with Gasteiger partial charge in [0.2, 0.25) is 17.5 Å². The largest absolute Gasteiger partial charge is 0.492 e. The first-order chi connectivity index (χ1) is 11.0. The molecule has 0 aliphatic carbocycles. The number of aromatic hydroxyl groups is 2. The molecule has 3 N–H and O–H groups in total. The summed E-state index contributed by atoms with van der Waals surface area (Å²) in [5.41, 5.74) is -0.828. The van der Waals surface area contributed by atoms with Crippen molar-refractivity contribution in [2.45, 2.75) is 38.8 Å². The van der Waals surface area contributed by atoms with Crippen LogP contribution in [-0.4, -0.2) is 44.4 Å². The van der Waals surface area contributed by atoms with Crippen LogP contribution in [0.5, 0.6) is 11.8 Å². The van der Waals surface area contributed by atoms with Gasteiger partial charge in [0, 0.05) is 12.1 Å². The van der Waals surface area contributed by atoms with Gasteiger partial charge in [0.1, 0.15) is 11.6 Å². The molecule has 0 aliphatic rings. The lowest BCUT2D eigenvalue weighted by molar-refractivity contribution is -0.148. The highest BCUT2D eigenvalue weighted by molar-refractivity contribution is 5.98. The third-order valence-electron chi connectivity index (χ3n) is 2.50. The van der Waals surface area contributed by atoms with Crippen molar-refractivity contribution in [3.63, 3.8) is 0 Å². The van der Waals surface area contributed by atoms with Crippen LogP contribution in [0.2, 0.25) is 0 Å². The van der Waals surface area contributed by atoms with E-state index in [2.05, 4.69) is 5.32 Å². The maximum Gasteiger partial charge on any atom is 0.408 e. The summed E-state index contributed by atoms with van der Waals surface area (Å²) in [4.78, 5) is 40.0. The van der Waals surface area contributed by atoms with Gasteiger partial charge in [0.05, 0.1) is 6.42 Å². The van der Waals surface area contributed by atoms with Crippen LogP contribution in [0, 0.1) is 12.3 Å². The van der Waals surface area contributed by atoms with E-state index >= 15 is 0 Å². The van der Waals surface area contributed by atoms with Gasteiger partial charge in [0.25, 0.3) is 0 Å². The summed E-state index contributed by atoms with van der Waals surface area (Å²) in [6, 6.07) is 0.682. The number of rotatable bonds is 5. The fraction of sp³-hybridized carbons (Fsp3) is 0.400. The van der Waals surface area contributed by atoms with Gasteiger partial charge in [0.15, 0.2) is 0 Å². The van der Waals surface area contributed by atoms with Crippen molar-refractivity contribution in [2.24, 2.45) is 0 Å². The van der Waals surface area contributed by atoms with Gasteiger partial charge in [-0.3, -0.25) is 4.79 Å². The lowest BCUT2D eigenvalue weighted by atomic mass is 10.1. The Morgan fingerprint density at radius 3 is 2.29 bits per heavy atom. The van der Waals surface area contributed by atoms with Crippen molar-refractivity contribution in [3.8, 4) is 24.1 Å². The number of amides is 1. The Morgan fingerprint density at radius 1 is 1.29 bits per heavy atom. The van der Waals surface area contributed by atoms with Crippen LogP contribution in [0.15, 0.2) is 12.1 Å². The maximum atomic E-state index is 12.1. The first kappa shape index (κ1) is 18.9. The van der Waals surface area contributed by atoms with Crippen LogP contribution in [-0.2, 0) is 14.3 Å². The average molecular weight is 338 g/mol. The van der Waals surface area contributed by atoms with E-state index in [0.717, 1.165) is 12.1 Å². The number of terminal acetylenes is 1. The first-order valence-electron chi connectivity index (χ1n) is 6.84. The van der Waals surface area contributed by atoms with Crippen LogP contribution >= 0.6 is 0 Å². The van der Waals surface area contributed by atoms with Crippen LogP contribution < -0.4 is 10.2 Å². The van der Waals surface area contributed by atoms with E-state index in [1.807, 2.05) is 5.92 Å². The normalized spacial score (nSPS) is 11.9. The monoisotopic (exact) mass is 338 g/mol. The van der Waals surface area contributed by atoms with E-state index in [1.165, 1.54) is 0 Å². The number of alkyl carbamates (subject to hydrolysis) is 1. The summed E-state index contributed by atoms with van der Waals surface area (Å²) in [6.45, 7) is 4.84. The lowest BCUT2D eigenvalue weighted by Gasteiger charge is -2.22. The molecule has 0 aliphatic heterocycles.